The summed E-state index contributed by atoms with van der Waals surface area (Å²) in [6.45, 7) is 6.56. The van der Waals surface area contributed by atoms with Gasteiger partial charge in [-0.25, -0.2) is 0 Å². The fourth-order valence-corrected chi connectivity index (χ4v) is 2.32. The molecule has 1 aromatic heterocycles. The highest BCUT2D eigenvalue weighted by molar-refractivity contribution is 5.79. The maximum Gasteiger partial charge on any atom is 0.230 e. The van der Waals surface area contributed by atoms with Crippen LogP contribution in [0.2, 0.25) is 0 Å². The lowest BCUT2D eigenvalue weighted by Gasteiger charge is -2.01. The number of rotatable bonds is 9. The van der Waals surface area contributed by atoms with Crippen molar-refractivity contribution < 1.29 is 4.79 Å². The number of carbonyl (C=O) groups excluding carboxylic acids is 1. The van der Waals surface area contributed by atoms with Crippen LogP contribution in [0.5, 0.6) is 0 Å². The first kappa shape index (κ1) is 16.0. The number of aromatic nitrogens is 1. The molecule has 0 aliphatic heterocycles. The second-order valence-corrected chi connectivity index (χ2v) is 5.42. The Balaban J connectivity index is 2.76. The Morgan fingerprint density at radius 1 is 0.895 bits per heavy atom. The maximum atomic E-state index is 12.1. The van der Waals surface area contributed by atoms with E-state index in [9.17, 15) is 4.79 Å². The van der Waals surface area contributed by atoms with E-state index in [1.807, 2.05) is 4.57 Å². The number of hydrogen-bond acceptors (Lipinski definition) is 1. The highest BCUT2D eigenvalue weighted by atomic mass is 16.1. The number of carbonyl (C=O) groups is 1. The van der Waals surface area contributed by atoms with Crippen molar-refractivity contribution in [2.24, 2.45) is 0 Å². The standard InChI is InChI=1S/C17H29NO/c1-4-7-10-15-13-18(17(19)12-9-6-3)14-16(15)11-8-5-2/h13-14H,4-12H2,1-3H3. The van der Waals surface area contributed by atoms with Crippen molar-refractivity contribution in [2.45, 2.75) is 78.6 Å². The summed E-state index contributed by atoms with van der Waals surface area (Å²) < 4.78 is 1.84. The molecule has 0 unspecified atom stereocenters. The topological polar surface area (TPSA) is 22.0 Å². The average molecular weight is 263 g/mol. The molecule has 0 aliphatic carbocycles. The molecule has 19 heavy (non-hydrogen) atoms. The highest BCUT2D eigenvalue weighted by Crippen LogP contribution is 2.17. The molecule has 1 heterocycles. The van der Waals surface area contributed by atoms with E-state index >= 15 is 0 Å². The lowest BCUT2D eigenvalue weighted by Crippen LogP contribution is -2.07. The number of nitrogens with zero attached hydrogens (tertiary/aromatic N) is 1. The first-order valence-corrected chi connectivity index (χ1v) is 7.95. The molecular formula is C17H29NO. The lowest BCUT2D eigenvalue weighted by atomic mass is 10.0. The molecule has 0 radical (unpaired) electrons. The Bertz CT molecular complexity index is 353. The molecule has 0 N–H and O–H groups in total. The van der Waals surface area contributed by atoms with Gasteiger partial charge in [0.15, 0.2) is 0 Å². The van der Waals surface area contributed by atoms with E-state index < -0.39 is 0 Å². The molecule has 0 saturated carbocycles. The maximum absolute atomic E-state index is 12.1. The number of unbranched alkanes of at least 4 members (excludes halogenated alkanes) is 3. The van der Waals surface area contributed by atoms with Gasteiger partial charge in [-0.3, -0.25) is 9.36 Å². The summed E-state index contributed by atoms with van der Waals surface area (Å²) in [5, 5.41) is 0. The molecule has 1 rings (SSSR count). The van der Waals surface area contributed by atoms with Crippen molar-refractivity contribution in [2.75, 3.05) is 0 Å². The summed E-state index contributed by atoms with van der Waals surface area (Å²) in [5.74, 6) is 0.252. The molecule has 0 fully saturated rings. The fourth-order valence-electron chi connectivity index (χ4n) is 2.32. The monoisotopic (exact) mass is 263 g/mol. The number of aryl methyl sites for hydroxylation is 2. The third-order valence-corrected chi connectivity index (χ3v) is 3.63. The van der Waals surface area contributed by atoms with Gasteiger partial charge < -0.3 is 0 Å². The minimum atomic E-state index is 0.252. The van der Waals surface area contributed by atoms with Crippen LogP contribution >= 0.6 is 0 Å². The van der Waals surface area contributed by atoms with E-state index in [-0.39, 0.29) is 5.91 Å². The van der Waals surface area contributed by atoms with Gasteiger partial charge in [0.1, 0.15) is 0 Å². The van der Waals surface area contributed by atoms with Crippen LogP contribution in [0.3, 0.4) is 0 Å². The normalized spacial score (nSPS) is 10.9. The van der Waals surface area contributed by atoms with E-state index in [2.05, 4.69) is 33.2 Å². The smallest absolute Gasteiger partial charge is 0.230 e. The Kier molecular flexibility index (Phi) is 7.54. The molecule has 0 atom stereocenters. The summed E-state index contributed by atoms with van der Waals surface area (Å²) >= 11 is 0. The van der Waals surface area contributed by atoms with Gasteiger partial charge in [-0.2, -0.15) is 0 Å². The van der Waals surface area contributed by atoms with Gasteiger partial charge in [-0.15, -0.1) is 0 Å². The molecule has 0 aliphatic rings. The van der Waals surface area contributed by atoms with Crippen molar-refractivity contribution in [1.29, 1.82) is 0 Å². The van der Waals surface area contributed by atoms with Gasteiger partial charge in [0.05, 0.1) is 0 Å². The van der Waals surface area contributed by atoms with Crippen LogP contribution in [0.25, 0.3) is 0 Å². The summed E-state index contributed by atoms with van der Waals surface area (Å²) in [6, 6.07) is 0. The van der Waals surface area contributed by atoms with Gasteiger partial charge >= 0.3 is 0 Å². The molecule has 1 aromatic rings. The van der Waals surface area contributed by atoms with Gasteiger partial charge in [0.2, 0.25) is 5.91 Å². The van der Waals surface area contributed by atoms with Crippen molar-refractivity contribution in [1.82, 2.24) is 4.57 Å². The highest BCUT2D eigenvalue weighted by Gasteiger charge is 2.10. The van der Waals surface area contributed by atoms with Crippen LogP contribution in [0.1, 0.15) is 81.6 Å². The SMILES string of the molecule is CCCCC(=O)n1cc(CCCC)c(CCCC)c1. The molecule has 0 spiro atoms. The molecule has 0 bridgehead atoms. The van der Waals surface area contributed by atoms with Crippen LogP contribution in [0, 0.1) is 0 Å². The van der Waals surface area contributed by atoms with E-state index in [0.29, 0.717) is 6.42 Å². The van der Waals surface area contributed by atoms with Gasteiger partial charge in [-0.05, 0) is 43.2 Å². The zero-order chi connectivity index (χ0) is 14.1. The Morgan fingerprint density at radius 2 is 1.37 bits per heavy atom. The van der Waals surface area contributed by atoms with Gasteiger partial charge in [-0.1, -0.05) is 40.0 Å². The Morgan fingerprint density at radius 3 is 1.79 bits per heavy atom. The van der Waals surface area contributed by atoms with Crippen LogP contribution in [0.4, 0.5) is 0 Å². The Hall–Kier alpha value is -1.05. The van der Waals surface area contributed by atoms with Crippen LogP contribution in [-0.4, -0.2) is 10.5 Å². The van der Waals surface area contributed by atoms with Crippen molar-refractivity contribution in [3.63, 3.8) is 0 Å². The van der Waals surface area contributed by atoms with Gasteiger partial charge in [0, 0.05) is 18.8 Å². The first-order chi connectivity index (χ1) is 9.22. The Labute approximate surface area is 118 Å². The molecule has 0 saturated heterocycles. The van der Waals surface area contributed by atoms with E-state index in [1.54, 1.807) is 0 Å². The van der Waals surface area contributed by atoms with E-state index in [0.717, 1.165) is 25.7 Å². The van der Waals surface area contributed by atoms with Crippen LogP contribution in [0.15, 0.2) is 12.4 Å². The zero-order valence-electron chi connectivity index (χ0n) is 12.9. The zero-order valence-corrected chi connectivity index (χ0v) is 12.9. The van der Waals surface area contributed by atoms with Gasteiger partial charge in [0.25, 0.3) is 0 Å². The fraction of sp³-hybridized carbons (Fsp3) is 0.706. The molecule has 108 valence electrons. The molecule has 2 nitrogen and oxygen atoms in total. The largest absolute Gasteiger partial charge is 0.294 e. The minimum absolute atomic E-state index is 0.252. The molecule has 0 aromatic carbocycles. The second kappa shape index (κ2) is 8.95. The summed E-state index contributed by atoms with van der Waals surface area (Å²) in [5.41, 5.74) is 2.78. The van der Waals surface area contributed by atoms with Crippen LogP contribution in [-0.2, 0) is 12.8 Å². The minimum Gasteiger partial charge on any atom is -0.294 e. The first-order valence-electron chi connectivity index (χ1n) is 7.95. The van der Waals surface area contributed by atoms with E-state index in [1.165, 1.54) is 36.8 Å². The summed E-state index contributed by atoms with van der Waals surface area (Å²) in [7, 11) is 0. The second-order valence-electron chi connectivity index (χ2n) is 5.42. The number of hydrogen-bond donors (Lipinski definition) is 0. The quantitative estimate of drug-likeness (QED) is 0.614. The summed E-state index contributed by atoms with van der Waals surface area (Å²) in [4.78, 5) is 12.1. The average Bonchev–Trinajstić information content (AvgIpc) is 2.83. The molecule has 0 amide bonds. The van der Waals surface area contributed by atoms with Crippen molar-refractivity contribution >= 4 is 5.91 Å². The third kappa shape index (κ3) is 5.22. The third-order valence-electron chi connectivity index (χ3n) is 3.63. The van der Waals surface area contributed by atoms with Crippen LogP contribution < -0.4 is 0 Å². The summed E-state index contributed by atoms with van der Waals surface area (Å²) in [6.07, 6.45) is 14.0. The molecule has 2 heteroatoms. The lowest BCUT2D eigenvalue weighted by molar-refractivity contribution is 0.0899. The molecular weight excluding hydrogens is 234 g/mol. The van der Waals surface area contributed by atoms with Crippen molar-refractivity contribution in [3.8, 4) is 0 Å². The van der Waals surface area contributed by atoms with Crippen molar-refractivity contribution in [3.05, 3.63) is 23.5 Å². The predicted molar refractivity (Wildman–Crippen MR) is 81.8 cm³/mol. The van der Waals surface area contributed by atoms with E-state index in [4.69, 9.17) is 0 Å². The predicted octanol–water partition coefficient (Wildman–Crippen LogP) is 5.00.